The van der Waals surface area contributed by atoms with E-state index in [0.29, 0.717) is 17.2 Å². The van der Waals surface area contributed by atoms with Gasteiger partial charge in [0.05, 0.1) is 31.7 Å². The first-order valence-corrected chi connectivity index (χ1v) is 7.94. The van der Waals surface area contributed by atoms with Crippen LogP contribution in [0.1, 0.15) is 12.8 Å². The molecule has 1 aromatic carbocycles. The van der Waals surface area contributed by atoms with Gasteiger partial charge in [-0.15, -0.1) is 0 Å². The first kappa shape index (κ1) is 14.3. The summed E-state index contributed by atoms with van der Waals surface area (Å²) in [6.45, 7) is 0. The van der Waals surface area contributed by atoms with Gasteiger partial charge in [0.25, 0.3) is 0 Å². The zero-order valence-electron chi connectivity index (χ0n) is 13.2. The fraction of sp³-hybridized carbons (Fsp3) is 0.444. The molecule has 2 amide bonds. The fourth-order valence-corrected chi connectivity index (χ4v) is 4.29. The number of imide groups is 1. The molecule has 5 nitrogen and oxygen atoms in total. The summed E-state index contributed by atoms with van der Waals surface area (Å²) >= 11 is 0. The van der Waals surface area contributed by atoms with Gasteiger partial charge in [-0.1, -0.05) is 12.2 Å². The van der Waals surface area contributed by atoms with Crippen LogP contribution in [-0.2, 0) is 9.59 Å². The van der Waals surface area contributed by atoms with Crippen molar-refractivity contribution < 1.29 is 19.1 Å². The predicted octanol–water partition coefficient (Wildman–Crippen LogP) is 2.41. The molecule has 1 aliphatic heterocycles. The summed E-state index contributed by atoms with van der Waals surface area (Å²) in [4.78, 5) is 27.1. The van der Waals surface area contributed by atoms with E-state index in [1.165, 1.54) is 4.90 Å². The summed E-state index contributed by atoms with van der Waals surface area (Å²) in [7, 11) is 3.10. The molecule has 0 unspecified atom stereocenters. The number of ether oxygens (including phenoxy) is 2. The van der Waals surface area contributed by atoms with Crippen molar-refractivity contribution in [3.05, 3.63) is 30.4 Å². The molecule has 5 rings (SSSR count). The lowest BCUT2D eigenvalue weighted by atomic mass is 9.63. The van der Waals surface area contributed by atoms with E-state index in [1.807, 2.05) is 0 Å². The van der Waals surface area contributed by atoms with Crippen LogP contribution in [0.15, 0.2) is 30.4 Å². The van der Waals surface area contributed by atoms with Gasteiger partial charge in [0.15, 0.2) is 11.5 Å². The first-order valence-electron chi connectivity index (χ1n) is 7.94. The second-order valence-corrected chi connectivity index (χ2v) is 6.39. The fourth-order valence-electron chi connectivity index (χ4n) is 4.29. The summed E-state index contributed by atoms with van der Waals surface area (Å²) in [5.41, 5.74) is 0.562. The van der Waals surface area contributed by atoms with Crippen molar-refractivity contribution in [2.45, 2.75) is 12.8 Å². The maximum absolute atomic E-state index is 12.9. The molecule has 23 heavy (non-hydrogen) atoms. The average Bonchev–Trinajstić information content (AvgIpc) is 2.88. The van der Waals surface area contributed by atoms with Crippen molar-refractivity contribution in [2.75, 3.05) is 19.1 Å². The van der Waals surface area contributed by atoms with E-state index >= 15 is 0 Å². The maximum Gasteiger partial charge on any atom is 0.238 e. The van der Waals surface area contributed by atoms with Gasteiger partial charge in [0.2, 0.25) is 11.8 Å². The Morgan fingerprint density at radius 3 is 1.96 bits per heavy atom. The highest BCUT2D eigenvalue weighted by molar-refractivity contribution is 6.22. The largest absolute Gasteiger partial charge is 0.493 e. The normalized spacial score (nSPS) is 31.5. The quantitative estimate of drug-likeness (QED) is 0.635. The molecule has 1 heterocycles. The van der Waals surface area contributed by atoms with Crippen molar-refractivity contribution >= 4 is 17.5 Å². The number of amides is 2. The number of anilines is 1. The Bertz CT molecular complexity index is 679. The molecule has 0 aromatic heterocycles. The smallest absolute Gasteiger partial charge is 0.238 e. The van der Waals surface area contributed by atoms with Crippen LogP contribution in [0.4, 0.5) is 5.69 Å². The van der Waals surface area contributed by atoms with Crippen molar-refractivity contribution in [1.82, 2.24) is 0 Å². The Labute approximate surface area is 134 Å². The molecule has 1 aromatic rings. The molecule has 4 atom stereocenters. The zero-order valence-corrected chi connectivity index (χ0v) is 13.2. The van der Waals surface area contributed by atoms with Gasteiger partial charge >= 0.3 is 0 Å². The Hall–Kier alpha value is -2.30. The van der Waals surface area contributed by atoms with Crippen LogP contribution < -0.4 is 14.4 Å². The molecule has 2 fully saturated rings. The SMILES string of the molecule is COc1ccc(N2C(=O)[C@H]3[C@H](C2=O)[C@@H]2C=C[C@@H]3CC2)cc1OC. The van der Waals surface area contributed by atoms with E-state index in [4.69, 9.17) is 9.47 Å². The Balaban J connectivity index is 1.73. The third-order valence-corrected chi connectivity index (χ3v) is 5.38. The molecule has 4 aliphatic rings. The van der Waals surface area contributed by atoms with Gasteiger partial charge in [-0.2, -0.15) is 0 Å². The zero-order chi connectivity index (χ0) is 16.1. The molecule has 5 heteroatoms. The van der Waals surface area contributed by atoms with Crippen LogP contribution in [0.25, 0.3) is 0 Å². The lowest BCUT2D eigenvalue weighted by molar-refractivity contribution is -0.124. The number of methoxy groups -OCH3 is 2. The van der Waals surface area contributed by atoms with Gasteiger partial charge in [-0.25, -0.2) is 4.90 Å². The number of hydrogen-bond acceptors (Lipinski definition) is 4. The summed E-state index contributed by atoms with van der Waals surface area (Å²) in [6.07, 6.45) is 6.25. The minimum atomic E-state index is -0.195. The first-order chi connectivity index (χ1) is 11.2. The summed E-state index contributed by atoms with van der Waals surface area (Å²) in [6, 6.07) is 5.16. The molecule has 2 bridgehead atoms. The van der Waals surface area contributed by atoms with Gasteiger partial charge in [0, 0.05) is 6.07 Å². The number of nitrogens with zero attached hydrogens (tertiary/aromatic N) is 1. The average molecular weight is 313 g/mol. The number of benzene rings is 1. The third-order valence-electron chi connectivity index (χ3n) is 5.38. The minimum absolute atomic E-state index is 0.0775. The number of allylic oxidation sites excluding steroid dienone is 2. The second-order valence-electron chi connectivity index (χ2n) is 6.39. The highest BCUT2D eigenvalue weighted by Gasteiger charge is 2.56. The van der Waals surface area contributed by atoms with Crippen molar-refractivity contribution in [3.63, 3.8) is 0 Å². The van der Waals surface area contributed by atoms with Gasteiger partial charge in [-0.05, 0) is 36.8 Å². The molecule has 1 saturated carbocycles. The van der Waals surface area contributed by atoms with Crippen LogP contribution in [-0.4, -0.2) is 26.0 Å². The predicted molar refractivity (Wildman–Crippen MR) is 84.4 cm³/mol. The maximum atomic E-state index is 12.9. The van der Waals surface area contributed by atoms with Gasteiger partial charge < -0.3 is 9.47 Å². The highest BCUT2D eigenvalue weighted by atomic mass is 16.5. The van der Waals surface area contributed by atoms with Crippen LogP contribution in [0.5, 0.6) is 11.5 Å². The molecule has 0 spiro atoms. The number of fused-ring (bicyclic) bond motifs is 1. The molecule has 0 N–H and O–H groups in total. The van der Waals surface area contributed by atoms with Crippen molar-refractivity contribution in [3.8, 4) is 11.5 Å². The van der Waals surface area contributed by atoms with E-state index in [1.54, 1.807) is 32.4 Å². The topological polar surface area (TPSA) is 55.8 Å². The Morgan fingerprint density at radius 2 is 1.48 bits per heavy atom. The van der Waals surface area contributed by atoms with E-state index in [0.717, 1.165) is 12.8 Å². The number of rotatable bonds is 3. The van der Waals surface area contributed by atoms with Crippen LogP contribution >= 0.6 is 0 Å². The highest BCUT2D eigenvalue weighted by Crippen LogP contribution is 2.50. The molecule has 1 saturated heterocycles. The molecule has 120 valence electrons. The number of hydrogen-bond donors (Lipinski definition) is 0. The van der Waals surface area contributed by atoms with E-state index in [9.17, 15) is 9.59 Å². The monoisotopic (exact) mass is 313 g/mol. The second kappa shape index (κ2) is 5.11. The summed E-state index contributed by atoms with van der Waals surface area (Å²) in [5.74, 6) is 0.950. The van der Waals surface area contributed by atoms with Crippen LogP contribution in [0, 0.1) is 23.7 Å². The van der Waals surface area contributed by atoms with E-state index < -0.39 is 0 Å². The molecule has 3 aliphatic carbocycles. The molecular weight excluding hydrogens is 294 g/mol. The third kappa shape index (κ3) is 1.92. The molecule has 0 radical (unpaired) electrons. The summed E-state index contributed by atoms with van der Waals surface area (Å²) < 4.78 is 10.5. The van der Waals surface area contributed by atoms with E-state index in [-0.39, 0.29) is 35.5 Å². The van der Waals surface area contributed by atoms with Crippen molar-refractivity contribution in [2.24, 2.45) is 23.7 Å². The minimum Gasteiger partial charge on any atom is -0.493 e. The van der Waals surface area contributed by atoms with Crippen LogP contribution in [0.3, 0.4) is 0 Å². The lowest BCUT2D eigenvalue weighted by Gasteiger charge is -2.38. The summed E-state index contributed by atoms with van der Waals surface area (Å²) in [5, 5.41) is 0. The standard InChI is InChI=1S/C18H19NO4/c1-22-13-8-7-12(9-14(13)23-2)19-17(20)15-10-3-4-11(6-5-10)16(15)18(19)21/h3-4,7-11,15-16H,5-6H2,1-2H3/t10-,11-,15-,16-/m1/s1. The van der Waals surface area contributed by atoms with E-state index in [2.05, 4.69) is 12.2 Å². The number of carbonyl (C=O) groups excluding carboxylic acids is 2. The Kier molecular flexibility index (Phi) is 3.18. The lowest BCUT2D eigenvalue weighted by Crippen LogP contribution is -2.38. The van der Waals surface area contributed by atoms with Gasteiger partial charge in [-0.3, -0.25) is 9.59 Å². The van der Waals surface area contributed by atoms with Gasteiger partial charge in [0.1, 0.15) is 0 Å². The van der Waals surface area contributed by atoms with Crippen molar-refractivity contribution in [1.29, 1.82) is 0 Å². The Morgan fingerprint density at radius 1 is 0.913 bits per heavy atom. The number of carbonyl (C=O) groups is 2. The van der Waals surface area contributed by atoms with Crippen LogP contribution in [0.2, 0.25) is 0 Å². The molecular formula is C18H19NO4.